The Morgan fingerprint density at radius 1 is 0.795 bits per heavy atom. The van der Waals surface area contributed by atoms with Crippen LogP contribution in [0.1, 0.15) is 52.2 Å². The lowest BCUT2D eigenvalue weighted by Gasteiger charge is -2.54. The van der Waals surface area contributed by atoms with Gasteiger partial charge in [-0.2, -0.15) is 5.26 Å². The van der Waals surface area contributed by atoms with Gasteiger partial charge in [0.2, 0.25) is 0 Å². The van der Waals surface area contributed by atoms with E-state index in [0.29, 0.717) is 36.8 Å². The number of hydrogen-bond donors (Lipinski definition) is 1. The van der Waals surface area contributed by atoms with E-state index in [1.165, 1.54) is 0 Å². The number of carbonyl (C=O) groups is 2. The molecule has 224 valence electrons. The standard InChI is InChI=1S/C35H27Cl4NO4/c1-2-44-33(42)34(20-40)29(21-3-11-25(36)12-4-21)19-35(43,24-9-17-28(39)18-10-24)31(30(34)22-5-13-26(37)14-6-22)32(41)23-7-15-27(38)16-8-23/h3-18,29-31,43H,2,19H2,1H3/t29-,30-,31+,34+,35-/m0/s1. The van der Waals surface area contributed by atoms with Crippen molar-refractivity contribution in [1.29, 1.82) is 5.26 Å². The summed E-state index contributed by atoms with van der Waals surface area (Å²) in [6, 6.07) is 28.6. The van der Waals surface area contributed by atoms with E-state index in [1.807, 2.05) is 0 Å². The molecule has 0 radical (unpaired) electrons. The number of rotatable bonds is 7. The third kappa shape index (κ3) is 5.74. The quantitative estimate of drug-likeness (QED) is 0.157. The lowest BCUT2D eigenvalue weighted by atomic mass is 9.47. The van der Waals surface area contributed by atoms with Gasteiger partial charge in [0.25, 0.3) is 0 Å². The molecule has 0 aliphatic heterocycles. The van der Waals surface area contributed by atoms with Crippen molar-refractivity contribution in [1.82, 2.24) is 0 Å². The van der Waals surface area contributed by atoms with Gasteiger partial charge in [-0.05, 0) is 90.7 Å². The van der Waals surface area contributed by atoms with Gasteiger partial charge >= 0.3 is 5.97 Å². The van der Waals surface area contributed by atoms with Gasteiger partial charge in [-0.25, -0.2) is 0 Å². The van der Waals surface area contributed by atoms with Crippen molar-refractivity contribution >= 4 is 58.2 Å². The topological polar surface area (TPSA) is 87.4 Å². The molecule has 0 spiro atoms. The van der Waals surface area contributed by atoms with Crippen molar-refractivity contribution in [2.24, 2.45) is 11.3 Å². The number of Topliss-reactive ketones (excluding diaryl/α,β-unsaturated/α-hetero) is 1. The number of ketones is 1. The molecule has 0 unspecified atom stereocenters. The summed E-state index contributed by atoms with van der Waals surface area (Å²) in [4.78, 5) is 29.0. The van der Waals surface area contributed by atoms with Crippen molar-refractivity contribution in [3.05, 3.63) is 139 Å². The van der Waals surface area contributed by atoms with E-state index in [0.717, 1.165) is 0 Å². The molecule has 5 rings (SSSR count). The van der Waals surface area contributed by atoms with Crippen LogP contribution in [0.2, 0.25) is 20.1 Å². The van der Waals surface area contributed by atoms with Gasteiger partial charge < -0.3 is 9.84 Å². The molecule has 0 bridgehead atoms. The van der Waals surface area contributed by atoms with E-state index in [-0.39, 0.29) is 18.6 Å². The Morgan fingerprint density at radius 2 is 1.25 bits per heavy atom. The van der Waals surface area contributed by atoms with Gasteiger partial charge in [0.15, 0.2) is 11.2 Å². The van der Waals surface area contributed by atoms with Crippen molar-refractivity contribution < 1.29 is 19.4 Å². The summed E-state index contributed by atoms with van der Waals surface area (Å²) in [6.45, 7) is 1.65. The van der Waals surface area contributed by atoms with Crippen molar-refractivity contribution in [2.75, 3.05) is 6.61 Å². The van der Waals surface area contributed by atoms with E-state index >= 15 is 0 Å². The first kappa shape index (κ1) is 32.0. The van der Waals surface area contributed by atoms with Crippen molar-refractivity contribution in [3.8, 4) is 6.07 Å². The van der Waals surface area contributed by atoms with Gasteiger partial charge in [-0.3, -0.25) is 9.59 Å². The summed E-state index contributed by atoms with van der Waals surface area (Å²) in [6.07, 6.45) is -0.170. The molecule has 4 aromatic rings. The van der Waals surface area contributed by atoms with Crippen LogP contribution in [0.25, 0.3) is 0 Å². The highest BCUT2D eigenvalue weighted by Crippen LogP contribution is 2.64. The number of hydrogen-bond acceptors (Lipinski definition) is 5. The van der Waals surface area contributed by atoms with Gasteiger partial charge in [-0.15, -0.1) is 0 Å². The summed E-state index contributed by atoms with van der Waals surface area (Å²) < 4.78 is 5.62. The minimum Gasteiger partial charge on any atom is -0.465 e. The van der Waals surface area contributed by atoms with Crippen LogP contribution < -0.4 is 0 Å². The second-order valence-corrected chi connectivity index (χ2v) is 12.6. The zero-order valence-electron chi connectivity index (χ0n) is 23.5. The summed E-state index contributed by atoms with van der Waals surface area (Å²) in [5.41, 5.74) is -2.14. The smallest absolute Gasteiger partial charge is 0.327 e. The molecule has 0 heterocycles. The Morgan fingerprint density at radius 3 is 1.73 bits per heavy atom. The Bertz CT molecular complexity index is 1700. The summed E-state index contributed by atoms with van der Waals surface area (Å²) in [7, 11) is 0. The highest BCUT2D eigenvalue weighted by atomic mass is 35.5. The SMILES string of the molecule is CCOC(=O)[C@]1(C#N)[C@H](c2ccc(Cl)cc2)C[C@](O)(c2ccc(Cl)cc2)[C@@H](C(=O)c2ccc(Cl)cc2)[C@@H]1c1ccc(Cl)cc1. The monoisotopic (exact) mass is 665 g/mol. The van der Waals surface area contributed by atoms with Crippen molar-refractivity contribution in [3.63, 3.8) is 0 Å². The molecule has 5 nitrogen and oxygen atoms in total. The van der Waals surface area contributed by atoms with Crippen LogP contribution >= 0.6 is 46.4 Å². The Labute approximate surface area is 275 Å². The molecule has 44 heavy (non-hydrogen) atoms. The number of nitriles is 1. The molecular formula is C35H27Cl4NO4. The molecular weight excluding hydrogens is 640 g/mol. The number of esters is 1. The van der Waals surface area contributed by atoms with E-state index < -0.39 is 40.5 Å². The fraction of sp³-hybridized carbons (Fsp3) is 0.229. The molecule has 1 aliphatic carbocycles. The number of benzene rings is 4. The molecule has 1 N–H and O–H groups in total. The molecule has 0 saturated heterocycles. The predicted octanol–water partition coefficient (Wildman–Crippen LogP) is 9.03. The minimum absolute atomic E-state index is 0.000187. The first-order valence-corrected chi connectivity index (χ1v) is 15.4. The average molecular weight is 667 g/mol. The Hall–Kier alpha value is -3.37. The van der Waals surface area contributed by atoms with E-state index in [4.69, 9.17) is 51.1 Å². The number of ether oxygens (including phenoxy) is 1. The second-order valence-electron chi connectivity index (χ2n) is 10.8. The summed E-state index contributed by atoms with van der Waals surface area (Å²) in [5, 5.41) is 25.9. The third-order valence-electron chi connectivity index (χ3n) is 8.46. The number of carbonyl (C=O) groups excluding carboxylic acids is 2. The number of halogens is 4. The minimum atomic E-state index is -1.96. The predicted molar refractivity (Wildman–Crippen MR) is 172 cm³/mol. The zero-order valence-corrected chi connectivity index (χ0v) is 26.5. The van der Waals surface area contributed by atoms with E-state index in [1.54, 1.807) is 104 Å². The van der Waals surface area contributed by atoms with Gasteiger partial charge in [0.1, 0.15) is 5.60 Å². The number of aliphatic hydroxyl groups is 1. The van der Waals surface area contributed by atoms with E-state index in [9.17, 15) is 20.0 Å². The van der Waals surface area contributed by atoms with Crippen LogP contribution in [0, 0.1) is 22.7 Å². The lowest BCUT2D eigenvalue weighted by molar-refractivity contribution is -0.164. The van der Waals surface area contributed by atoms with Crippen LogP contribution in [-0.2, 0) is 15.1 Å². The van der Waals surface area contributed by atoms with Crippen LogP contribution in [0.3, 0.4) is 0 Å². The summed E-state index contributed by atoms with van der Waals surface area (Å²) in [5.74, 6) is -4.73. The lowest BCUT2D eigenvalue weighted by Crippen LogP contribution is -2.59. The fourth-order valence-electron chi connectivity index (χ4n) is 6.47. The summed E-state index contributed by atoms with van der Waals surface area (Å²) >= 11 is 24.9. The fourth-order valence-corrected chi connectivity index (χ4v) is 6.97. The molecule has 9 heteroatoms. The van der Waals surface area contributed by atoms with Gasteiger partial charge in [0, 0.05) is 37.5 Å². The second kappa shape index (κ2) is 12.9. The largest absolute Gasteiger partial charge is 0.465 e. The maximum absolute atomic E-state index is 14.8. The first-order chi connectivity index (χ1) is 21.0. The van der Waals surface area contributed by atoms with Crippen LogP contribution in [0.4, 0.5) is 0 Å². The normalized spacial score (nSPS) is 24.7. The molecule has 0 aromatic heterocycles. The molecule has 0 amide bonds. The maximum Gasteiger partial charge on any atom is 0.327 e. The van der Waals surface area contributed by atoms with E-state index in [2.05, 4.69) is 6.07 Å². The molecule has 5 atom stereocenters. The molecule has 1 saturated carbocycles. The van der Waals surface area contributed by atoms with Crippen LogP contribution in [-0.4, -0.2) is 23.5 Å². The maximum atomic E-state index is 14.8. The molecule has 1 fully saturated rings. The van der Waals surface area contributed by atoms with Crippen molar-refractivity contribution in [2.45, 2.75) is 30.8 Å². The average Bonchev–Trinajstić information content (AvgIpc) is 3.02. The van der Waals surface area contributed by atoms with Gasteiger partial charge in [0.05, 0.1) is 18.6 Å². The number of nitrogens with zero attached hydrogens (tertiary/aromatic N) is 1. The van der Waals surface area contributed by atoms with Crippen LogP contribution in [0.15, 0.2) is 97.1 Å². The van der Waals surface area contributed by atoms with Gasteiger partial charge in [-0.1, -0.05) is 82.8 Å². The first-order valence-electron chi connectivity index (χ1n) is 13.9. The Balaban J connectivity index is 1.89. The molecule has 4 aromatic carbocycles. The highest BCUT2D eigenvalue weighted by Gasteiger charge is 2.67. The zero-order chi connectivity index (χ0) is 31.6. The highest BCUT2D eigenvalue weighted by molar-refractivity contribution is 6.31. The molecule has 1 aliphatic rings. The third-order valence-corrected chi connectivity index (χ3v) is 9.47. The Kier molecular flexibility index (Phi) is 9.41. The van der Waals surface area contributed by atoms with Crippen LogP contribution in [0.5, 0.6) is 0 Å².